The summed E-state index contributed by atoms with van der Waals surface area (Å²) in [6.45, 7) is 5.93. The Labute approximate surface area is 153 Å². The van der Waals surface area contributed by atoms with Crippen LogP contribution in [0.25, 0.3) is 0 Å². The molecule has 0 aliphatic heterocycles. The fourth-order valence-electron chi connectivity index (χ4n) is 2.30. The SMILES string of the molecule is CCOc1ccc(S(=O)(=O)NC(C)C(=O)NCc2ccncc2)cc1C. The molecule has 1 amide bonds. The summed E-state index contributed by atoms with van der Waals surface area (Å²) in [5, 5.41) is 2.70. The lowest BCUT2D eigenvalue weighted by molar-refractivity contribution is -0.122. The van der Waals surface area contributed by atoms with Crippen molar-refractivity contribution in [3.63, 3.8) is 0 Å². The Morgan fingerprint density at radius 1 is 1.23 bits per heavy atom. The topological polar surface area (TPSA) is 97.4 Å². The van der Waals surface area contributed by atoms with Gasteiger partial charge in [0.05, 0.1) is 17.5 Å². The van der Waals surface area contributed by atoms with Crippen molar-refractivity contribution in [3.05, 3.63) is 53.9 Å². The Morgan fingerprint density at radius 3 is 2.54 bits per heavy atom. The van der Waals surface area contributed by atoms with Crippen molar-refractivity contribution >= 4 is 15.9 Å². The predicted molar refractivity (Wildman–Crippen MR) is 98.2 cm³/mol. The number of hydrogen-bond donors (Lipinski definition) is 2. The lowest BCUT2D eigenvalue weighted by atomic mass is 10.2. The molecular weight excluding hydrogens is 354 g/mol. The van der Waals surface area contributed by atoms with Crippen LogP contribution >= 0.6 is 0 Å². The van der Waals surface area contributed by atoms with E-state index < -0.39 is 22.0 Å². The highest BCUT2D eigenvalue weighted by Gasteiger charge is 2.22. The van der Waals surface area contributed by atoms with Crippen molar-refractivity contribution in [3.8, 4) is 5.75 Å². The van der Waals surface area contributed by atoms with Gasteiger partial charge in [0.15, 0.2) is 0 Å². The molecule has 8 heteroatoms. The Bertz CT molecular complexity index is 854. The molecule has 0 bridgehead atoms. The number of amides is 1. The highest BCUT2D eigenvalue weighted by Crippen LogP contribution is 2.21. The fourth-order valence-corrected chi connectivity index (χ4v) is 3.59. The average Bonchev–Trinajstić information content (AvgIpc) is 2.62. The number of rotatable bonds is 8. The second-order valence-corrected chi connectivity index (χ2v) is 7.49. The van der Waals surface area contributed by atoms with E-state index in [1.807, 2.05) is 6.92 Å². The zero-order chi connectivity index (χ0) is 19.2. The summed E-state index contributed by atoms with van der Waals surface area (Å²) in [4.78, 5) is 16.1. The summed E-state index contributed by atoms with van der Waals surface area (Å²) in [5.74, 6) is 0.225. The first-order valence-corrected chi connectivity index (χ1v) is 9.74. The second kappa shape index (κ2) is 8.77. The minimum atomic E-state index is -3.82. The molecule has 1 aromatic carbocycles. The Hall–Kier alpha value is -2.45. The zero-order valence-corrected chi connectivity index (χ0v) is 15.8. The van der Waals surface area contributed by atoms with Crippen LogP contribution in [0.15, 0.2) is 47.6 Å². The molecule has 0 fully saturated rings. The summed E-state index contributed by atoms with van der Waals surface area (Å²) < 4.78 is 32.8. The number of ether oxygens (including phenoxy) is 1. The van der Waals surface area contributed by atoms with Crippen molar-refractivity contribution in [1.82, 2.24) is 15.0 Å². The number of carbonyl (C=O) groups is 1. The highest BCUT2D eigenvalue weighted by atomic mass is 32.2. The molecule has 0 spiro atoms. The largest absolute Gasteiger partial charge is 0.494 e. The number of sulfonamides is 1. The van der Waals surface area contributed by atoms with E-state index in [9.17, 15) is 13.2 Å². The van der Waals surface area contributed by atoms with E-state index in [-0.39, 0.29) is 4.90 Å². The summed E-state index contributed by atoms with van der Waals surface area (Å²) in [7, 11) is -3.82. The van der Waals surface area contributed by atoms with Crippen molar-refractivity contribution < 1.29 is 17.9 Å². The zero-order valence-electron chi connectivity index (χ0n) is 15.0. The maximum atomic E-state index is 12.5. The van der Waals surface area contributed by atoms with Crippen LogP contribution < -0.4 is 14.8 Å². The van der Waals surface area contributed by atoms with Crippen LogP contribution in [0, 0.1) is 6.92 Å². The summed E-state index contributed by atoms with van der Waals surface area (Å²) in [5.41, 5.74) is 1.59. The first-order chi connectivity index (χ1) is 12.3. The Kier molecular flexibility index (Phi) is 6.70. The van der Waals surface area contributed by atoms with E-state index in [1.165, 1.54) is 19.1 Å². The number of nitrogens with one attached hydrogen (secondary N) is 2. The van der Waals surface area contributed by atoms with Gasteiger partial charge in [0.2, 0.25) is 15.9 Å². The third-order valence-electron chi connectivity index (χ3n) is 3.70. The van der Waals surface area contributed by atoms with Gasteiger partial charge in [-0.15, -0.1) is 0 Å². The molecule has 0 saturated heterocycles. The van der Waals surface area contributed by atoms with E-state index in [0.717, 1.165) is 5.56 Å². The fraction of sp³-hybridized carbons (Fsp3) is 0.333. The molecule has 1 unspecified atom stereocenters. The molecule has 26 heavy (non-hydrogen) atoms. The van der Waals surface area contributed by atoms with Crippen molar-refractivity contribution in [2.24, 2.45) is 0 Å². The Morgan fingerprint density at radius 2 is 1.92 bits per heavy atom. The molecule has 0 aliphatic rings. The van der Waals surface area contributed by atoms with Crippen LogP contribution in [0.3, 0.4) is 0 Å². The summed E-state index contributed by atoms with van der Waals surface area (Å²) in [6.07, 6.45) is 3.25. The Balaban J connectivity index is 2.01. The van der Waals surface area contributed by atoms with E-state index in [0.29, 0.717) is 24.5 Å². The molecule has 1 aromatic heterocycles. The van der Waals surface area contributed by atoms with E-state index in [2.05, 4.69) is 15.0 Å². The minimum absolute atomic E-state index is 0.0900. The molecule has 2 N–H and O–H groups in total. The van der Waals surface area contributed by atoms with Crippen LogP contribution in [0.2, 0.25) is 0 Å². The number of pyridine rings is 1. The molecule has 0 radical (unpaired) electrons. The van der Waals surface area contributed by atoms with Crippen LogP contribution in [0.5, 0.6) is 5.75 Å². The number of aromatic nitrogens is 1. The predicted octanol–water partition coefficient (Wildman–Crippen LogP) is 1.77. The molecule has 1 atom stereocenters. The van der Waals surface area contributed by atoms with Gasteiger partial charge in [-0.1, -0.05) is 0 Å². The molecule has 2 aromatic rings. The van der Waals surface area contributed by atoms with Gasteiger partial charge in [-0.25, -0.2) is 8.42 Å². The van der Waals surface area contributed by atoms with Gasteiger partial charge in [0, 0.05) is 18.9 Å². The number of carbonyl (C=O) groups excluding carboxylic acids is 1. The molecule has 140 valence electrons. The molecule has 1 heterocycles. The van der Waals surface area contributed by atoms with Gasteiger partial charge in [-0.05, 0) is 62.2 Å². The first-order valence-electron chi connectivity index (χ1n) is 8.26. The summed E-state index contributed by atoms with van der Waals surface area (Å²) >= 11 is 0. The van der Waals surface area contributed by atoms with E-state index in [4.69, 9.17) is 4.74 Å². The van der Waals surface area contributed by atoms with Gasteiger partial charge in [0.1, 0.15) is 5.75 Å². The number of aryl methyl sites for hydroxylation is 1. The first kappa shape index (κ1) is 19.9. The lowest BCUT2D eigenvalue weighted by Gasteiger charge is -2.15. The number of hydrogen-bond acceptors (Lipinski definition) is 5. The maximum Gasteiger partial charge on any atom is 0.241 e. The third-order valence-corrected chi connectivity index (χ3v) is 5.24. The normalized spacial score (nSPS) is 12.4. The number of nitrogens with zero attached hydrogens (tertiary/aromatic N) is 1. The molecule has 0 aliphatic carbocycles. The second-order valence-electron chi connectivity index (χ2n) is 5.78. The third kappa shape index (κ3) is 5.27. The van der Waals surface area contributed by atoms with E-state index in [1.54, 1.807) is 37.5 Å². The lowest BCUT2D eigenvalue weighted by Crippen LogP contribution is -2.44. The standard InChI is InChI=1S/C18H23N3O4S/c1-4-25-17-6-5-16(11-13(17)2)26(23,24)21-14(3)18(22)20-12-15-7-9-19-10-8-15/h5-11,14,21H,4,12H2,1-3H3,(H,20,22). The molecule has 7 nitrogen and oxygen atoms in total. The molecular formula is C18H23N3O4S. The van der Waals surface area contributed by atoms with Gasteiger partial charge >= 0.3 is 0 Å². The quantitative estimate of drug-likeness (QED) is 0.731. The molecule has 0 saturated carbocycles. The van der Waals surface area contributed by atoms with Crippen molar-refractivity contribution in [1.29, 1.82) is 0 Å². The number of benzene rings is 1. The van der Waals surface area contributed by atoms with Crippen LogP contribution in [0.1, 0.15) is 25.0 Å². The minimum Gasteiger partial charge on any atom is -0.494 e. The highest BCUT2D eigenvalue weighted by molar-refractivity contribution is 7.89. The van der Waals surface area contributed by atoms with Gasteiger partial charge in [0.25, 0.3) is 0 Å². The van der Waals surface area contributed by atoms with Crippen molar-refractivity contribution in [2.45, 2.75) is 38.3 Å². The monoisotopic (exact) mass is 377 g/mol. The summed E-state index contributed by atoms with van der Waals surface area (Å²) in [6, 6.07) is 7.24. The smallest absolute Gasteiger partial charge is 0.241 e. The van der Waals surface area contributed by atoms with Crippen molar-refractivity contribution in [2.75, 3.05) is 6.61 Å². The maximum absolute atomic E-state index is 12.5. The van der Waals surface area contributed by atoms with Crippen LogP contribution in [0.4, 0.5) is 0 Å². The van der Waals surface area contributed by atoms with Gasteiger partial charge < -0.3 is 10.1 Å². The van der Waals surface area contributed by atoms with Crippen LogP contribution in [-0.4, -0.2) is 32.0 Å². The van der Waals surface area contributed by atoms with Crippen LogP contribution in [-0.2, 0) is 21.4 Å². The van der Waals surface area contributed by atoms with E-state index >= 15 is 0 Å². The van der Waals surface area contributed by atoms with Gasteiger partial charge in [-0.2, -0.15) is 4.72 Å². The average molecular weight is 377 g/mol. The molecule has 2 rings (SSSR count). The van der Waals surface area contributed by atoms with Gasteiger partial charge in [-0.3, -0.25) is 9.78 Å².